The second-order valence-corrected chi connectivity index (χ2v) is 9.09. The Labute approximate surface area is 186 Å². The molecule has 1 saturated carbocycles. The smallest absolute Gasteiger partial charge is 0.228 e. The van der Waals surface area contributed by atoms with Gasteiger partial charge in [-0.1, -0.05) is 24.2 Å². The number of rotatable bonds is 6. The summed E-state index contributed by atoms with van der Waals surface area (Å²) in [5, 5.41) is 11.2. The Morgan fingerprint density at radius 1 is 1.06 bits per heavy atom. The summed E-state index contributed by atoms with van der Waals surface area (Å²) in [4.78, 5) is 21.8. The lowest BCUT2D eigenvalue weighted by molar-refractivity contribution is 0.589. The molecule has 162 valence electrons. The van der Waals surface area contributed by atoms with Crippen LogP contribution < -0.4 is 20.9 Å². The summed E-state index contributed by atoms with van der Waals surface area (Å²) in [6, 6.07) is 6.57. The molecule has 3 aromatic rings. The zero-order valence-electron chi connectivity index (χ0n) is 17.8. The maximum atomic E-state index is 4.72. The highest BCUT2D eigenvalue weighted by molar-refractivity contribution is 7.19. The van der Waals surface area contributed by atoms with E-state index in [0.29, 0.717) is 12.0 Å². The maximum absolute atomic E-state index is 4.72. The summed E-state index contributed by atoms with van der Waals surface area (Å²) in [5.41, 5.74) is 3.02. The summed E-state index contributed by atoms with van der Waals surface area (Å²) in [6.45, 7) is 6.07. The highest BCUT2D eigenvalue weighted by atomic mass is 32.1. The first-order chi connectivity index (χ1) is 15.2. The molecule has 4 heterocycles. The zero-order chi connectivity index (χ0) is 21.0. The summed E-state index contributed by atoms with van der Waals surface area (Å²) in [6.07, 6.45) is 8.76. The van der Waals surface area contributed by atoms with Crippen LogP contribution in [0, 0.1) is 6.92 Å². The molecule has 0 aromatic carbocycles. The molecule has 3 aromatic heterocycles. The van der Waals surface area contributed by atoms with Gasteiger partial charge >= 0.3 is 0 Å². The average Bonchev–Trinajstić information content (AvgIpc) is 3.45. The SMILES string of the molecule is Cc1nc(NC2CCCC2)sc1-c1ccnc(Nc2ccc(N3CCNCC3)cn2)n1. The molecule has 2 aliphatic rings. The summed E-state index contributed by atoms with van der Waals surface area (Å²) >= 11 is 1.67. The Morgan fingerprint density at radius 3 is 2.68 bits per heavy atom. The highest BCUT2D eigenvalue weighted by Gasteiger charge is 2.18. The fraction of sp³-hybridized carbons (Fsp3) is 0.455. The molecule has 0 unspecified atom stereocenters. The Bertz CT molecular complexity index is 1010. The predicted molar refractivity (Wildman–Crippen MR) is 126 cm³/mol. The van der Waals surface area contributed by atoms with Crippen LogP contribution in [0.2, 0.25) is 0 Å². The van der Waals surface area contributed by atoms with Crippen molar-refractivity contribution in [3.05, 3.63) is 36.3 Å². The molecular weight excluding hydrogens is 408 g/mol. The number of aromatic nitrogens is 4. The molecule has 0 atom stereocenters. The van der Waals surface area contributed by atoms with Crippen molar-refractivity contribution < 1.29 is 0 Å². The van der Waals surface area contributed by atoms with Crippen molar-refractivity contribution in [3.63, 3.8) is 0 Å². The number of anilines is 4. The minimum atomic E-state index is 0.540. The molecule has 0 amide bonds. The Kier molecular flexibility index (Phi) is 5.95. The molecular formula is C22H28N8S. The van der Waals surface area contributed by atoms with Crippen LogP contribution in [-0.4, -0.2) is 52.2 Å². The third kappa shape index (κ3) is 4.77. The fourth-order valence-corrected chi connectivity index (χ4v) is 5.18. The van der Waals surface area contributed by atoms with Crippen LogP contribution in [0.3, 0.4) is 0 Å². The van der Waals surface area contributed by atoms with E-state index >= 15 is 0 Å². The standard InChI is InChI=1S/C22H28N8S/c1-15-20(31-22(26-15)27-16-4-2-3-5-16)18-8-9-24-21(28-18)29-19-7-6-17(14-25-19)30-12-10-23-11-13-30/h6-9,14,16,23H,2-5,10-13H2,1H3,(H,26,27)(H,24,25,28,29). The average molecular weight is 437 g/mol. The lowest BCUT2D eigenvalue weighted by Crippen LogP contribution is -2.43. The number of nitrogens with zero attached hydrogens (tertiary/aromatic N) is 5. The molecule has 2 fully saturated rings. The van der Waals surface area contributed by atoms with E-state index in [1.54, 1.807) is 17.5 Å². The van der Waals surface area contributed by atoms with Gasteiger partial charge in [0.25, 0.3) is 0 Å². The third-order valence-electron chi connectivity index (χ3n) is 5.84. The van der Waals surface area contributed by atoms with Crippen LogP contribution >= 0.6 is 11.3 Å². The van der Waals surface area contributed by atoms with Crippen molar-refractivity contribution in [2.24, 2.45) is 0 Å². The van der Waals surface area contributed by atoms with Gasteiger partial charge in [-0.15, -0.1) is 0 Å². The molecule has 5 rings (SSSR count). The van der Waals surface area contributed by atoms with E-state index < -0.39 is 0 Å². The van der Waals surface area contributed by atoms with Crippen LogP contribution in [-0.2, 0) is 0 Å². The molecule has 0 spiro atoms. The van der Waals surface area contributed by atoms with Crippen LogP contribution in [0.1, 0.15) is 31.4 Å². The lowest BCUT2D eigenvalue weighted by Gasteiger charge is -2.29. The first-order valence-electron chi connectivity index (χ1n) is 11.0. The van der Waals surface area contributed by atoms with E-state index in [0.717, 1.165) is 59.1 Å². The number of hydrogen-bond acceptors (Lipinski definition) is 9. The van der Waals surface area contributed by atoms with Crippen molar-refractivity contribution in [1.29, 1.82) is 0 Å². The minimum absolute atomic E-state index is 0.540. The first kappa shape index (κ1) is 20.1. The van der Waals surface area contributed by atoms with Gasteiger partial charge in [0.05, 0.1) is 28.1 Å². The van der Waals surface area contributed by atoms with Crippen molar-refractivity contribution in [2.45, 2.75) is 38.6 Å². The summed E-state index contributed by atoms with van der Waals surface area (Å²) < 4.78 is 0. The van der Waals surface area contributed by atoms with Gasteiger partial charge in [-0.25, -0.2) is 19.9 Å². The van der Waals surface area contributed by atoms with Gasteiger partial charge < -0.3 is 20.9 Å². The maximum Gasteiger partial charge on any atom is 0.228 e. The highest BCUT2D eigenvalue weighted by Crippen LogP contribution is 2.33. The molecule has 9 heteroatoms. The fourth-order valence-electron chi connectivity index (χ4n) is 4.17. The topological polar surface area (TPSA) is 90.9 Å². The van der Waals surface area contributed by atoms with Crippen LogP contribution in [0.25, 0.3) is 10.6 Å². The molecule has 1 aliphatic carbocycles. The second-order valence-electron chi connectivity index (χ2n) is 8.09. The van der Waals surface area contributed by atoms with Gasteiger partial charge in [0.1, 0.15) is 5.82 Å². The predicted octanol–water partition coefficient (Wildman–Crippen LogP) is 3.81. The molecule has 31 heavy (non-hydrogen) atoms. The largest absolute Gasteiger partial charge is 0.368 e. The van der Waals surface area contributed by atoms with Crippen molar-refractivity contribution in [2.75, 3.05) is 41.7 Å². The summed E-state index contributed by atoms with van der Waals surface area (Å²) in [7, 11) is 0. The van der Waals surface area contributed by atoms with Gasteiger partial charge in [0.15, 0.2) is 5.13 Å². The monoisotopic (exact) mass is 436 g/mol. The Hall–Kier alpha value is -2.78. The summed E-state index contributed by atoms with van der Waals surface area (Å²) in [5.74, 6) is 1.28. The van der Waals surface area contributed by atoms with E-state index in [-0.39, 0.29) is 0 Å². The van der Waals surface area contributed by atoms with Crippen LogP contribution in [0.15, 0.2) is 30.6 Å². The van der Waals surface area contributed by atoms with E-state index in [1.165, 1.54) is 25.7 Å². The quantitative estimate of drug-likeness (QED) is 0.537. The molecule has 8 nitrogen and oxygen atoms in total. The zero-order valence-corrected chi connectivity index (χ0v) is 18.6. The van der Waals surface area contributed by atoms with Crippen LogP contribution in [0.4, 0.5) is 22.6 Å². The van der Waals surface area contributed by atoms with Crippen molar-refractivity contribution in [1.82, 2.24) is 25.3 Å². The van der Waals surface area contributed by atoms with Gasteiger partial charge in [-0.05, 0) is 38.0 Å². The third-order valence-corrected chi connectivity index (χ3v) is 6.95. The van der Waals surface area contributed by atoms with E-state index in [2.05, 4.69) is 36.9 Å². The van der Waals surface area contributed by atoms with E-state index in [1.807, 2.05) is 25.3 Å². The molecule has 0 bridgehead atoms. The Morgan fingerprint density at radius 2 is 1.90 bits per heavy atom. The van der Waals surface area contributed by atoms with Gasteiger partial charge in [0.2, 0.25) is 5.95 Å². The van der Waals surface area contributed by atoms with E-state index in [9.17, 15) is 0 Å². The number of nitrogens with one attached hydrogen (secondary N) is 3. The molecule has 1 aliphatic heterocycles. The van der Waals surface area contributed by atoms with Gasteiger partial charge in [0, 0.05) is 38.4 Å². The van der Waals surface area contributed by atoms with Crippen LogP contribution in [0.5, 0.6) is 0 Å². The molecule has 0 radical (unpaired) electrons. The molecule has 3 N–H and O–H groups in total. The number of piperazine rings is 1. The lowest BCUT2D eigenvalue weighted by atomic mass is 10.3. The van der Waals surface area contributed by atoms with E-state index in [4.69, 9.17) is 9.97 Å². The number of pyridine rings is 1. The minimum Gasteiger partial charge on any atom is -0.368 e. The van der Waals surface area contributed by atoms with Crippen molar-refractivity contribution in [3.8, 4) is 10.6 Å². The number of aryl methyl sites for hydroxylation is 1. The first-order valence-corrected chi connectivity index (χ1v) is 11.8. The van der Waals surface area contributed by atoms with Gasteiger partial charge in [-0.3, -0.25) is 0 Å². The molecule has 1 saturated heterocycles. The van der Waals surface area contributed by atoms with Gasteiger partial charge in [-0.2, -0.15) is 0 Å². The number of thiazole rings is 1. The van der Waals surface area contributed by atoms with Crippen molar-refractivity contribution >= 4 is 33.9 Å². The Balaban J connectivity index is 1.28. The number of hydrogen-bond donors (Lipinski definition) is 3. The normalized spacial score (nSPS) is 17.1. The second kappa shape index (κ2) is 9.15.